The molecule has 0 saturated carbocycles. The Balaban J connectivity index is 1.51. The Labute approximate surface area is 177 Å². The highest BCUT2D eigenvalue weighted by Gasteiger charge is 2.29. The lowest BCUT2D eigenvalue weighted by Gasteiger charge is -2.31. The first-order valence-corrected chi connectivity index (χ1v) is 10.9. The number of nitrogens with zero attached hydrogens (tertiary/aromatic N) is 4. The molecular weight excluding hydrogens is 402 g/mol. The van der Waals surface area contributed by atoms with Crippen molar-refractivity contribution >= 4 is 39.3 Å². The van der Waals surface area contributed by atoms with E-state index in [0.29, 0.717) is 48.6 Å². The number of anilines is 1. The van der Waals surface area contributed by atoms with E-state index in [1.165, 1.54) is 11.3 Å². The quantitative estimate of drug-likeness (QED) is 0.693. The smallest absolute Gasteiger partial charge is 0.259 e. The zero-order chi connectivity index (χ0) is 21.3. The van der Waals surface area contributed by atoms with E-state index in [-0.39, 0.29) is 28.7 Å². The van der Waals surface area contributed by atoms with Gasteiger partial charge in [0.05, 0.1) is 5.39 Å². The molecular formula is C21H23N5O3S. The molecule has 1 N–H and O–H groups in total. The number of aryl methyl sites for hydroxylation is 2. The average molecular weight is 426 g/mol. The van der Waals surface area contributed by atoms with E-state index in [1.54, 1.807) is 34.8 Å². The monoisotopic (exact) mass is 425 g/mol. The molecule has 1 fully saturated rings. The average Bonchev–Trinajstić information content (AvgIpc) is 3.26. The van der Waals surface area contributed by atoms with Crippen molar-refractivity contribution in [2.24, 2.45) is 5.92 Å². The van der Waals surface area contributed by atoms with Crippen LogP contribution in [0.2, 0.25) is 0 Å². The van der Waals surface area contributed by atoms with E-state index in [1.807, 2.05) is 18.4 Å². The third-order valence-corrected chi connectivity index (χ3v) is 6.14. The molecule has 0 aromatic carbocycles. The lowest BCUT2D eigenvalue weighted by molar-refractivity contribution is -0.121. The first-order valence-electron chi connectivity index (χ1n) is 9.98. The number of carbonyl (C=O) groups excluding carboxylic acids is 2. The summed E-state index contributed by atoms with van der Waals surface area (Å²) in [5.74, 6) is -0.532. The molecule has 8 nitrogen and oxygen atoms in total. The second kappa shape index (κ2) is 8.35. The molecule has 4 rings (SSSR count). The van der Waals surface area contributed by atoms with Crippen LogP contribution < -0.4 is 10.7 Å². The zero-order valence-electron chi connectivity index (χ0n) is 16.9. The van der Waals surface area contributed by atoms with Crippen LogP contribution in [-0.4, -0.2) is 44.3 Å². The summed E-state index contributed by atoms with van der Waals surface area (Å²) in [6, 6.07) is 3.52. The fourth-order valence-corrected chi connectivity index (χ4v) is 4.29. The van der Waals surface area contributed by atoms with E-state index in [2.05, 4.69) is 15.3 Å². The maximum absolute atomic E-state index is 13.1. The SMILES string of the molecule is CCn1cc(C(=O)N2CCC(C(=O)Nc3nccs3)CC2)c(=O)c2ccc(C)nc21. The first-order chi connectivity index (χ1) is 14.5. The van der Waals surface area contributed by atoms with Gasteiger partial charge in [-0.15, -0.1) is 11.3 Å². The van der Waals surface area contributed by atoms with Gasteiger partial charge < -0.3 is 14.8 Å². The molecule has 0 aliphatic carbocycles. The van der Waals surface area contributed by atoms with Gasteiger partial charge in [-0.2, -0.15) is 0 Å². The Hall–Kier alpha value is -3.07. The predicted molar refractivity (Wildman–Crippen MR) is 116 cm³/mol. The highest BCUT2D eigenvalue weighted by Crippen LogP contribution is 2.22. The van der Waals surface area contributed by atoms with Crippen molar-refractivity contribution in [1.82, 2.24) is 19.4 Å². The van der Waals surface area contributed by atoms with Crippen LogP contribution in [-0.2, 0) is 11.3 Å². The maximum atomic E-state index is 13.1. The van der Waals surface area contributed by atoms with Gasteiger partial charge in [0, 0.05) is 49.0 Å². The van der Waals surface area contributed by atoms with Gasteiger partial charge in [0.25, 0.3) is 5.91 Å². The maximum Gasteiger partial charge on any atom is 0.259 e. The second-order valence-electron chi connectivity index (χ2n) is 7.37. The van der Waals surface area contributed by atoms with Crippen LogP contribution in [0.3, 0.4) is 0 Å². The van der Waals surface area contributed by atoms with Crippen LogP contribution in [0.4, 0.5) is 5.13 Å². The fourth-order valence-electron chi connectivity index (χ4n) is 3.76. The summed E-state index contributed by atoms with van der Waals surface area (Å²) in [7, 11) is 0. The van der Waals surface area contributed by atoms with Crippen molar-refractivity contribution in [2.75, 3.05) is 18.4 Å². The molecule has 4 heterocycles. The van der Waals surface area contributed by atoms with Crippen molar-refractivity contribution in [2.45, 2.75) is 33.2 Å². The molecule has 0 spiro atoms. The Bertz CT molecular complexity index is 1150. The molecule has 0 radical (unpaired) electrons. The lowest BCUT2D eigenvalue weighted by atomic mass is 9.95. The zero-order valence-corrected chi connectivity index (χ0v) is 17.7. The van der Waals surface area contributed by atoms with Crippen molar-refractivity contribution < 1.29 is 9.59 Å². The first kappa shape index (κ1) is 20.2. The second-order valence-corrected chi connectivity index (χ2v) is 8.27. The normalized spacial score (nSPS) is 14.8. The van der Waals surface area contributed by atoms with Gasteiger partial charge in [-0.3, -0.25) is 14.4 Å². The number of aromatic nitrogens is 3. The molecule has 2 amide bonds. The van der Waals surface area contributed by atoms with Crippen LogP contribution in [0.25, 0.3) is 11.0 Å². The number of carbonyl (C=O) groups is 2. The summed E-state index contributed by atoms with van der Waals surface area (Å²) in [5.41, 5.74) is 1.27. The third kappa shape index (κ3) is 3.85. The van der Waals surface area contributed by atoms with E-state index in [4.69, 9.17) is 0 Å². The molecule has 0 atom stereocenters. The van der Waals surface area contributed by atoms with Crippen molar-refractivity contribution in [3.63, 3.8) is 0 Å². The molecule has 3 aromatic rings. The van der Waals surface area contributed by atoms with Crippen LogP contribution in [0.15, 0.2) is 34.7 Å². The van der Waals surface area contributed by atoms with E-state index in [9.17, 15) is 14.4 Å². The molecule has 1 saturated heterocycles. The molecule has 9 heteroatoms. The minimum absolute atomic E-state index is 0.0717. The molecule has 0 bridgehead atoms. The molecule has 30 heavy (non-hydrogen) atoms. The Morgan fingerprint density at radius 3 is 2.70 bits per heavy atom. The molecule has 1 aliphatic heterocycles. The van der Waals surface area contributed by atoms with Gasteiger partial charge >= 0.3 is 0 Å². The van der Waals surface area contributed by atoms with Crippen molar-refractivity contribution in [3.05, 3.63) is 51.4 Å². The lowest BCUT2D eigenvalue weighted by Crippen LogP contribution is -2.43. The highest BCUT2D eigenvalue weighted by atomic mass is 32.1. The number of fused-ring (bicyclic) bond motifs is 1. The van der Waals surface area contributed by atoms with Crippen LogP contribution in [0, 0.1) is 12.8 Å². The standard InChI is InChI=1S/C21H23N5O3S/c1-3-25-12-16(17(27)15-5-4-13(2)23-18(15)25)20(29)26-9-6-14(7-10-26)19(28)24-21-22-8-11-30-21/h4-5,8,11-12,14H,3,6-7,9-10H2,1-2H3,(H,22,24,28). The van der Waals surface area contributed by atoms with Crippen molar-refractivity contribution in [3.8, 4) is 0 Å². The summed E-state index contributed by atoms with van der Waals surface area (Å²) in [6.45, 7) is 5.30. The van der Waals surface area contributed by atoms with Gasteiger partial charge in [-0.1, -0.05) is 0 Å². The Morgan fingerprint density at radius 1 is 1.27 bits per heavy atom. The van der Waals surface area contributed by atoms with Gasteiger partial charge in [0.2, 0.25) is 11.3 Å². The Morgan fingerprint density at radius 2 is 2.03 bits per heavy atom. The van der Waals surface area contributed by atoms with Gasteiger partial charge in [0.1, 0.15) is 11.2 Å². The fraction of sp³-hybridized carbons (Fsp3) is 0.381. The largest absolute Gasteiger partial charge is 0.338 e. The molecule has 1 aliphatic rings. The summed E-state index contributed by atoms with van der Waals surface area (Å²) < 4.78 is 1.84. The van der Waals surface area contributed by atoms with Crippen LogP contribution in [0.1, 0.15) is 35.8 Å². The van der Waals surface area contributed by atoms with Crippen LogP contribution in [0.5, 0.6) is 0 Å². The van der Waals surface area contributed by atoms with Gasteiger partial charge in [-0.05, 0) is 38.8 Å². The summed E-state index contributed by atoms with van der Waals surface area (Å²) in [5, 5.41) is 5.66. The molecule has 156 valence electrons. The number of hydrogen-bond acceptors (Lipinski definition) is 6. The highest BCUT2D eigenvalue weighted by molar-refractivity contribution is 7.13. The van der Waals surface area contributed by atoms with Gasteiger partial charge in [0.15, 0.2) is 5.13 Å². The summed E-state index contributed by atoms with van der Waals surface area (Å²) >= 11 is 1.37. The minimum Gasteiger partial charge on any atom is -0.338 e. The summed E-state index contributed by atoms with van der Waals surface area (Å²) in [6.07, 6.45) is 4.37. The van der Waals surface area contributed by atoms with Crippen LogP contribution >= 0.6 is 11.3 Å². The Kier molecular flexibility index (Phi) is 5.63. The number of likely N-dealkylation sites (tertiary alicyclic amines) is 1. The number of piperidine rings is 1. The third-order valence-electron chi connectivity index (χ3n) is 5.45. The molecule has 0 unspecified atom stereocenters. The number of amides is 2. The number of nitrogens with one attached hydrogen (secondary N) is 1. The topological polar surface area (TPSA) is 97.2 Å². The molecule has 3 aromatic heterocycles. The number of thiazole rings is 1. The number of rotatable bonds is 4. The number of hydrogen-bond donors (Lipinski definition) is 1. The van der Waals surface area contributed by atoms with E-state index < -0.39 is 0 Å². The van der Waals surface area contributed by atoms with E-state index in [0.717, 1.165) is 5.69 Å². The number of pyridine rings is 2. The minimum atomic E-state index is -0.296. The summed E-state index contributed by atoms with van der Waals surface area (Å²) in [4.78, 5) is 48.7. The van der Waals surface area contributed by atoms with E-state index >= 15 is 0 Å². The van der Waals surface area contributed by atoms with Gasteiger partial charge in [-0.25, -0.2) is 9.97 Å². The predicted octanol–water partition coefficient (Wildman–Crippen LogP) is 2.67. The van der Waals surface area contributed by atoms with Crippen molar-refractivity contribution in [1.29, 1.82) is 0 Å².